The molecule has 4 heteroatoms. The third kappa shape index (κ3) is 2.74. The van der Waals surface area contributed by atoms with Gasteiger partial charge in [0, 0.05) is 21.6 Å². The minimum Gasteiger partial charge on any atom is -0.330 e. The molecule has 100 valence electrons. The molecule has 0 saturated carbocycles. The van der Waals surface area contributed by atoms with Gasteiger partial charge < -0.3 is 5.73 Å². The third-order valence-electron chi connectivity index (χ3n) is 3.80. The first kappa shape index (κ1) is 14.3. The maximum absolute atomic E-state index is 6.38. The van der Waals surface area contributed by atoms with Crippen molar-refractivity contribution in [2.45, 2.75) is 32.4 Å². The lowest BCUT2D eigenvalue weighted by atomic mass is 9.93. The molecule has 0 radical (unpaired) electrons. The van der Waals surface area contributed by atoms with E-state index in [0.717, 1.165) is 29.0 Å². The number of nitrogens with two attached hydrogens (primary N) is 1. The molecule has 2 nitrogen and oxygen atoms in total. The number of halogens is 2. The van der Waals surface area contributed by atoms with Crippen LogP contribution in [0.1, 0.15) is 31.9 Å². The zero-order valence-electron chi connectivity index (χ0n) is 10.9. The molecule has 0 bridgehead atoms. The monoisotopic (exact) mass is 330 g/mol. The summed E-state index contributed by atoms with van der Waals surface area (Å²) in [5.41, 5.74) is 7.13. The van der Waals surface area contributed by atoms with Gasteiger partial charge in [0.15, 0.2) is 0 Å². The largest absolute Gasteiger partial charge is 0.330 e. The van der Waals surface area contributed by atoms with Gasteiger partial charge in [-0.2, -0.15) is 0 Å². The van der Waals surface area contributed by atoms with Crippen molar-refractivity contribution in [3.8, 4) is 0 Å². The summed E-state index contributed by atoms with van der Waals surface area (Å²) in [6.07, 6.45) is 1.15. The van der Waals surface area contributed by atoms with Crippen LogP contribution in [0.2, 0.25) is 5.02 Å². The fourth-order valence-corrected chi connectivity index (χ4v) is 3.49. The van der Waals surface area contributed by atoms with Gasteiger partial charge in [-0.15, -0.1) is 0 Å². The van der Waals surface area contributed by atoms with Crippen LogP contribution < -0.4 is 5.73 Å². The lowest BCUT2D eigenvalue weighted by Crippen LogP contribution is -2.33. The number of rotatable bonds is 3. The smallest absolute Gasteiger partial charge is 0.0454 e. The Morgan fingerprint density at radius 2 is 2.22 bits per heavy atom. The predicted octanol–water partition coefficient (Wildman–Crippen LogP) is 3.83. The van der Waals surface area contributed by atoms with E-state index in [9.17, 15) is 0 Å². The molecule has 2 unspecified atom stereocenters. The lowest BCUT2D eigenvalue weighted by molar-refractivity contribution is 0.185. The second-order valence-electron chi connectivity index (χ2n) is 5.23. The number of likely N-dealkylation sites (tertiary alicyclic amines) is 1. The SMILES string of the molecule is CC(C)N1CCC(CN)C1c1cc(Br)ccc1Cl. The Labute approximate surface area is 123 Å². The Bertz CT molecular complexity index is 422. The molecule has 2 rings (SSSR count). The summed E-state index contributed by atoms with van der Waals surface area (Å²) >= 11 is 9.91. The molecule has 1 saturated heterocycles. The molecule has 0 aliphatic carbocycles. The van der Waals surface area contributed by atoms with Crippen LogP contribution >= 0.6 is 27.5 Å². The summed E-state index contributed by atoms with van der Waals surface area (Å²) in [6, 6.07) is 6.95. The van der Waals surface area contributed by atoms with Crippen molar-refractivity contribution in [2.24, 2.45) is 11.7 Å². The van der Waals surface area contributed by atoms with E-state index in [1.54, 1.807) is 0 Å². The van der Waals surface area contributed by atoms with Gasteiger partial charge in [-0.1, -0.05) is 27.5 Å². The van der Waals surface area contributed by atoms with Crippen LogP contribution in [-0.2, 0) is 0 Å². The van der Waals surface area contributed by atoms with Crippen molar-refractivity contribution < 1.29 is 0 Å². The van der Waals surface area contributed by atoms with Crippen LogP contribution in [0.4, 0.5) is 0 Å². The predicted molar refractivity (Wildman–Crippen MR) is 80.9 cm³/mol. The van der Waals surface area contributed by atoms with Crippen molar-refractivity contribution in [3.63, 3.8) is 0 Å². The number of hydrogen-bond acceptors (Lipinski definition) is 2. The molecule has 2 atom stereocenters. The third-order valence-corrected chi connectivity index (χ3v) is 4.64. The van der Waals surface area contributed by atoms with E-state index >= 15 is 0 Å². The standard InChI is InChI=1S/C14H20BrClN2/c1-9(2)18-6-5-10(8-17)14(18)12-7-11(15)3-4-13(12)16/h3-4,7,9-10,14H,5-6,8,17H2,1-2H3. The summed E-state index contributed by atoms with van der Waals surface area (Å²) in [7, 11) is 0. The Hall–Kier alpha value is -0.0900. The average Bonchev–Trinajstić information content (AvgIpc) is 2.75. The second kappa shape index (κ2) is 5.91. The van der Waals surface area contributed by atoms with Crippen molar-refractivity contribution in [1.82, 2.24) is 4.90 Å². The van der Waals surface area contributed by atoms with E-state index in [0.29, 0.717) is 18.0 Å². The van der Waals surface area contributed by atoms with Crippen LogP contribution in [0.3, 0.4) is 0 Å². The Morgan fingerprint density at radius 3 is 2.83 bits per heavy atom. The first-order valence-corrected chi connectivity index (χ1v) is 7.62. The van der Waals surface area contributed by atoms with Crippen LogP contribution in [0.5, 0.6) is 0 Å². The highest BCUT2D eigenvalue weighted by atomic mass is 79.9. The maximum Gasteiger partial charge on any atom is 0.0454 e. The zero-order valence-corrected chi connectivity index (χ0v) is 13.2. The molecular formula is C14H20BrClN2. The minimum absolute atomic E-state index is 0.347. The Kier molecular flexibility index (Phi) is 4.70. The highest BCUT2D eigenvalue weighted by Gasteiger charge is 2.36. The molecule has 1 aliphatic rings. The van der Waals surface area contributed by atoms with E-state index in [2.05, 4.69) is 40.7 Å². The van der Waals surface area contributed by atoms with Crippen molar-refractivity contribution in [1.29, 1.82) is 0 Å². The molecule has 18 heavy (non-hydrogen) atoms. The molecule has 1 heterocycles. The normalized spacial score (nSPS) is 25.0. The summed E-state index contributed by atoms with van der Waals surface area (Å²) in [6.45, 7) is 6.29. The van der Waals surface area contributed by atoms with Crippen molar-refractivity contribution in [2.75, 3.05) is 13.1 Å². The molecule has 1 aliphatic heterocycles. The highest BCUT2D eigenvalue weighted by molar-refractivity contribution is 9.10. The summed E-state index contributed by atoms with van der Waals surface area (Å²) < 4.78 is 1.08. The number of benzene rings is 1. The first-order chi connectivity index (χ1) is 8.54. The van der Waals surface area contributed by atoms with E-state index in [1.165, 1.54) is 5.56 Å². The molecule has 1 fully saturated rings. The second-order valence-corrected chi connectivity index (χ2v) is 6.55. The lowest BCUT2D eigenvalue weighted by Gasteiger charge is -2.32. The first-order valence-electron chi connectivity index (χ1n) is 6.45. The van der Waals surface area contributed by atoms with Crippen LogP contribution in [0, 0.1) is 5.92 Å². The van der Waals surface area contributed by atoms with Gasteiger partial charge in [-0.05, 0) is 63.0 Å². The number of nitrogens with zero attached hydrogens (tertiary/aromatic N) is 1. The van der Waals surface area contributed by atoms with Gasteiger partial charge in [-0.25, -0.2) is 0 Å². The molecule has 2 N–H and O–H groups in total. The number of hydrogen-bond donors (Lipinski definition) is 1. The Morgan fingerprint density at radius 1 is 1.50 bits per heavy atom. The topological polar surface area (TPSA) is 29.3 Å². The summed E-state index contributed by atoms with van der Waals surface area (Å²) in [5.74, 6) is 0.499. The highest BCUT2D eigenvalue weighted by Crippen LogP contribution is 2.41. The van der Waals surface area contributed by atoms with Gasteiger partial charge in [-0.3, -0.25) is 4.90 Å². The van der Waals surface area contributed by atoms with Gasteiger partial charge in [0.25, 0.3) is 0 Å². The van der Waals surface area contributed by atoms with Gasteiger partial charge in [0.2, 0.25) is 0 Å². The maximum atomic E-state index is 6.38. The van der Waals surface area contributed by atoms with Gasteiger partial charge in [0.1, 0.15) is 0 Å². The quantitative estimate of drug-likeness (QED) is 0.912. The van der Waals surface area contributed by atoms with Gasteiger partial charge in [0.05, 0.1) is 0 Å². The molecular weight excluding hydrogens is 312 g/mol. The van der Waals surface area contributed by atoms with Crippen LogP contribution in [0.15, 0.2) is 22.7 Å². The van der Waals surface area contributed by atoms with E-state index in [1.807, 2.05) is 12.1 Å². The van der Waals surface area contributed by atoms with E-state index < -0.39 is 0 Å². The van der Waals surface area contributed by atoms with Gasteiger partial charge >= 0.3 is 0 Å². The molecule has 1 aromatic rings. The molecule has 0 aromatic heterocycles. The summed E-state index contributed by atoms with van der Waals surface area (Å²) in [4.78, 5) is 2.51. The van der Waals surface area contributed by atoms with Crippen LogP contribution in [-0.4, -0.2) is 24.0 Å². The van der Waals surface area contributed by atoms with Crippen molar-refractivity contribution in [3.05, 3.63) is 33.3 Å². The van der Waals surface area contributed by atoms with E-state index in [-0.39, 0.29) is 0 Å². The van der Waals surface area contributed by atoms with Crippen molar-refractivity contribution >= 4 is 27.5 Å². The van der Waals surface area contributed by atoms with Crippen LogP contribution in [0.25, 0.3) is 0 Å². The minimum atomic E-state index is 0.347. The summed E-state index contributed by atoms with van der Waals surface area (Å²) in [5, 5.41) is 0.842. The Balaban J connectivity index is 2.40. The fraction of sp³-hybridized carbons (Fsp3) is 0.571. The molecule has 1 aromatic carbocycles. The zero-order chi connectivity index (χ0) is 13.3. The fourth-order valence-electron chi connectivity index (χ4n) is 2.88. The average molecular weight is 332 g/mol. The van der Waals surface area contributed by atoms with E-state index in [4.69, 9.17) is 17.3 Å². The molecule has 0 amide bonds. The molecule has 0 spiro atoms.